The van der Waals surface area contributed by atoms with Gasteiger partial charge < -0.3 is 10.2 Å². The Morgan fingerprint density at radius 1 is 1.36 bits per heavy atom. The van der Waals surface area contributed by atoms with E-state index in [0.717, 1.165) is 0 Å². The minimum Gasteiger partial charge on any atom is -0.508 e. The summed E-state index contributed by atoms with van der Waals surface area (Å²) in [6, 6.07) is 6.64. The number of phenols is 1. The zero-order chi connectivity index (χ0) is 9.97. The summed E-state index contributed by atoms with van der Waals surface area (Å²) >= 11 is 0. The van der Waals surface area contributed by atoms with E-state index in [4.69, 9.17) is 5.11 Å². The van der Waals surface area contributed by atoms with Crippen molar-refractivity contribution in [2.45, 2.75) is 6.61 Å². The van der Waals surface area contributed by atoms with Crippen LogP contribution in [0.4, 0.5) is 0 Å². The van der Waals surface area contributed by atoms with Crippen molar-refractivity contribution >= 4 is 0 Å². The highest BCUT2D eigenvalue weighted by Gasteiger charge is 2.01. The molecule has 1 heterocycles. The Morgan fingerprint density at radius 2 is 2.21 bits per heavy atom. The molecule has 0 unspecified atom stereocenters. The van der Waals surface area contributed by atoms with Crippen molar-refractivity contribution in [3.63, 3.8) is 0 Å². The van der Waals surface area contributed by atoms with Crippen LogP contribution >= 0.6 is 0 Å². The van der Waals surface area contributed by atoms with Crippen LogP contribution < -0.4 is 0 Å². The van der Waals surface area contributed by atoms with E-state index < -0.39 is 0 Å². The number of hydrogen-bond donors (Lipinski definition) is 2. The van der Waals surface area contributed by atoms with Gasteiger partial charge in [0.15, 0.2) is 0 Å². The number of nitrogens with zero attached hydrogens (tertiary/aromatic N) is 3. The molecule has 0 aliphatic heterocycles. The predicted molar refractivity (Wildman–Crippen MR) is 48.9 cm³/mol. The summed E-state index contributed by atoms with van der Waals surface area (Å²) in [5.41, 5.74) is 1.20. The first kappa shape index (κ1) is 8.71. The molecule has 2 rings (SSSR count). The zero-order valence-corrected chi connectivity index (χ0v) is 7.33. The largest absolute Gasteiger partial charge is 0.508 e. The number of rotatable bonds is 2. The molecule has 5 heteroatoms. The predicted octanol–water partition coefficient (Wildman–Crippen LogP) is 0.465. The van der Waals surface area contributed by atoms with E-state index >= 15 is 0 Å². The molecule has 0 bridgehead atoms. The average molecular weight is 191 g/mol. The SMILES string of the molecule is OCc1cn(-c2cccc(O)c2)nn1. The first-order valence-electron chi connectivity index (χ1n) is 4.11. The summed E-state index contributed by atoms with van der Waals surface area (Å²) in [4.78, 5) is 0. The Labute approximate surface area is 80.2 Å². The van der Waals surface area contributed by atoms with Gasteiger partial charge in [-0.25, -0.2) is 4.68 Å². The maximum atomic E-state index is 9.23. The van der Waals surface area contributed by atoms with Gasteiger partial charge in [-0.3, -0.25) is 0 Å². The third-order valence-electron chi connectivity index (χ3n) is 1.80. The normalized spacial score (nSPS) is 10.4. The lowest BCUT2D eigenvalue weighted by atomic mass is 10.3. The van der Waals surface area contributed by atoms with Crippen LogP contribution in [0.2, 0.25) is 0 Å². The number of phenolic OH excluding ortho intramolecular Hbond substituents is 1. The van der Waals surface area contributed by atoms with Crippen LogP contribution in [0.3, 0.4) is 0 Å². The molecule has 72 valence electrons. The molecule has 0 atom stereocenters. The van der Waals surface area contributed by atoms with Crippen molar-refractivity contribution in [2.75, 3.05) is 0 Å². The van der Waals surface area contributed by atoms with Gasteiger partial charge in [-0.05, 0) is 12.1 Å². The van der Waals surface area contributed by atoms with Crippen molar-refractivity contribution in [1.82, 2.24) is 15.0 Å². The number of aliphatic hydroxyl groups excluding tert-OH is 1. The summed E-state index contributed by atoms with van der Waals surface area (Å²) in [5, 5.41) is 25.5. The van der Waals surface area contributed by atoms with Crippen LogP contribution in [-0.4, -0.2) is 25.2 Å². The van der Waals surface area contributed by atoms with E-state index in [1.54, 1.807) is 30.5 Å². The highest BCUT2D eigenvalue weighted by atomic mass is 16.3. The Morgan fingerprint density at radius 3 is 2.86 bits per heavy atom. The van der Waals surface area contributed by atoms with Gasteiger partial charge in [0.1, 0.15) is 11.4 Å². The fraction of sp³-hybridized carbons (Fsp3) is 0.111. The number of hydrogen-bond acceptors (Lipinski definition) is 4. The van der Waals surface area contributed by atoms with Crippen molar-refractivity contribution in [3.8, 4) is 11.4 Å². The van der Waals surface area contributed by atoms with Crippen molar-refractivity contribution in [1.29, 1.82) is 0 Å². The van der Waals surface area contributed by atoms with Gasteiger partial charge in [0.05, 0.1) is 18.5 Å². The van der Waals surface area contributed by atoms with E-state index in [-0.39, 0.29) is 12.4 Å². The molecule has 0 aliphatic carbocycles. The summed E-state index contributed by atoms with van der Waals surface area (Å²) in [6.45, 7) is -0.140. The summed E-state index contributed by atoms with van der Waals surface area (Å²) in [7, 11) is 0. The van der Waals surface area contributed by atoms with Crippen molar-refractivity contribution in [2.24, 2.45) is 0 Å². The number of aliphatic hydroxyl groups is 1. The fourth-order valence-corrected chi connectivity index (χ4v) is 1.13. The molecule has 0 saturated carbocycles. The Bertz CT molecular complexity index is 439. The molecule has 2 aromatic rings. The van der Waals surface area contributed by atoms with Gasteiger partial charge in [-0.15, -0.1) is 5.10 Å². The fourth-order valence-electron chi connectivity index (χ4n) is 1.13. The van der Waals surface area contributed by atoms with Gasteiger partial charge in [0.2, 0.25) is 0 Å². The number of aromatic nitrogens is 3. The van der Waals surface area contributed by atoms with Crippen LogP contribution in [0, 0.1) is 0 Å². The maximum absolute atomic E-state index is 9.23. The van der Waals surface area contributed by atoms with E-state index in [1.165, 1.54) is 4.68 Å². The van der Waals surface area contributed by atoms with Crippen LogP contribution in [0.15, 0.2) is 30.5 Å². The van der Waals surface area contributed by atoms with Gasteiger partial charge >= 0.3 is 0 Å². The molecule has 0 saturated heterocycles. The molecule has 14 heavy (non-hydrogen) atoms. The molecule has 0 radical (unpaired) electrons. The highest BCUT2D eigenvalue weighted by Crippen LogP contribution is 2.14. The zero-order valence-electron chi connectivity index (χ0n) is 7.33. The van der Waals surface area contributed by atoms with E-state index in [1.807, 2.05) is 0 Å². The van der Waals surface area contributed by atoms with Gasteiger partial charge in [0, 0.05) is 6.07 Å². The third-order valence-corrected chi connectivity index (χ3v) is 1.80. The first-order valence-corrected chi connectivity index (χ1v) is 4.11. The molecule has 0 aliphatic rings. The first-order chi connectivity index (χ1) is 6.79. The second-order valence-electron chi connectivity index (χ2n) is 2.83. The van der Waals surface area contributed by atoms with Gasteiger partial charge in [0.25, 0.3) is 0 Å². The van der Waals surface area contributed by atoms with E-state index in [0.29, 0.717) is 11.4 Å². The lowest BCUT2D eigenvalue weighted by Crippen LogP contribution is -1.93. The van der Waals surface area contributed by atoms with Crippen LogP contribution in [0.5, 0.6) is 5.75 Å². The minimum absolute atomic E-state index is 0.140. The molecular formula is C9H9N3O2. The van der Waals surface area contributed by atoms with Crippen molar-refractivity contribution < 1.29 is 10.2 Å². The summed E-state index contributed by atoms with van der Waals surface area (Å²) in [5.74, 6) is 0.170. The Balaban J connectivity index is 2.39. The molecule has 1 aromatic carbocycles. The van der Waals surface area contributed by atoms with Crippen LogP contribution in [0.1, 0.15) is 5.69 Å². The lowest BCUT2D eigenvalue weighted by Gasteiger charge is -1.99. The number of benzene rings is 1. The highest BCUT2D eigenvalue weighted by molar-refractivity contribution is 5.37. The minimum atomic E-state index is -0.140. The molecule has 5 nitrogen and oxygen atoms in total. The standard InChI is InChI=1S/C9H9N3O2/c13-6-7-5-12(11-10-7)8-2-1-3-9(14)4-8/h1-5,13-14H,6H2. The maximum Gasteiger partial charge on any atom is 0.117 e. The molecule has 1 aromatic heterocycles. The van der Waals surface area contributed by atoms with Gasteiger partial charge in [-0.2, -0.15) is 0 Å². The summed E-state index contributed by atoms with van der Waals surface area (Å²) < 4.78 is 1.49. The quantitative estimate of drug-likeness (QED) is 0.723. The Kier molecular flexibility index (Phi) is 2.16. The van der Waals surface area contributed by atoms with Crippen LogP contribution in [0.25, 0.3) is 5.69 Å². The second kappa shape index (κ2) is 3.47. The number of aromatic hydroxyl groups is 1. The lowest BCUT2D eigenvalue weighted by molar-refractivity contribution is 0.276. The molecule has 0 amide bonds. The molecular weight excluding hydrogens is 182 g/mol. The topological polar surface area (TPSA) is 71.2 Å². The molecule has 0 spiro atoms. The average Bonchev–Trinajstić information content (AvgIpc) is 2.66. The molecule has 0 fully saturated rings. The Hall–Kier alpha value is -1.88. The second-order valence-corrected chi connectivity index (χ2v) is 2.83. The molecule has 2 N–H and O–H groups in total. The third kappa shape index (κ3) is 1.57. The van der Waals surface area contributed by atoms with Crippen LogP contribution in [-0.2, 0) is 6.61 Å². The smallest absolute Gasteiger partial charge is 0.117 e. The van der Waals surface area contributed by atoms with E-state index in [9.17, 15) is 5.11 Å². The van der Waals surface area contributed by atoms with Crippen molar-refractivity contribution in [3.05, 3.63) is 36.2 Å². The van der Waals surface area contributed by atoms with Gasteiger partial charge in [-0.1, -0.05) is 11.3 Å². The summed E-state index contributed by atoms with van der Waals surface area (Å²) in [6.07, 6.45) is 1.61. The van der Waals surface area contributed by atoms with E-state index in [2.05, 4.69) is 10.3 Å². The monoisotopic (exact) mass is 191 g/mol.